The molecular weight excluding hydrogens is 581 g/mol. The Labute approximate surface area is 259 Å². The number of methoxy groups -OCH3 is 1. The van der Waals surface area contributed by atoms with Gasteiger partial charge in [-0.2, -0.15) is 0 Å². The highest BCUT2D eigenvalue weighted by atomic mass is 19.1. The topological polar surface area (TPSA) is 124 Å². The zero-order chi connectivity index (χ0) is 31.5. The number of benzene rings is 3. The van der Waals surface area contributed by atoms with Gasteiger partial charge in [-0.1, -0.05) is 12.1 Å². The highest BCUT2D eigenvalue weighted by Crippen LogP contribution is 2.29. The van der Waals surface area contributed by atoms with Gasteiger partial charge in [-0.25, -0.2) is 9.37 Å². The first-order chi connectivity index (χ1) is 21.8. The summed E-state index contributed by atoms with van der Waals surface area (Å²) in [6.07, 6.45) is 0.113. The Kier molecular flexibility index (Phi) is 8.54. The van der Waals surface area contributed by atoms with Crippen molar-refractivity contribution in [3.63, 3.8) is 0 Å². The Morgan fingerprint density at radius 2 is 1.98 bits per heavy atom. The first-order valence-electron chi connectivity index (χ1n) is 14.8. The molecule has 3 aromatic carbocycles. The molecule has 3 heterocycles. The lowest BCUT2D eigenvalue weighted by Gasteiger charge is -2.39. The van der Waals surface area contributed by atoms with E-state index in [9.17, 15) is 18.8 Å². The minimum atomic E-state index is -0.595. The zero-order valence-electron chi connectivity index (χ0n) is 25.0. The number of carbonyl (C=O) groups is 3. The van der Waals surface area contributed by atoms with Gasteiger partial charge in [0.1, 0.15) is 23.5 Å². The predicted molar refractivity (Wildman–Crippen MR) is 163 cm³/mol. The second-order valence-electron chi connectivity index (χ2n) is 11.1. The highest BCUT2D eigenvalue weighted by Gasteiger charge is 2.34. The molecule has 0 unspecified atom stereocenters. The maximum Gasteiger partial charge on any atom is 0.258 e. The van der Waals surface area contributed by atoms with E-state index < -0.39 is 29.8 Å². The summed E-state index contributed by atoms with van der Waals surface area (Å²) in [6.45, 7) is 2.69. The molecule has 2 aliphatic heterocycles. The molecule has 4 bridgehead atoms. The van der Waals surface area contributed by atoms with Crippen LogP contribution in [0.4, 0.5) is 4.39 Å². The number of carbonyl (C=O) groups excluding carboxylic acids is 3. The lowest BCUT2D eigenvalue weighted by Crippen LogP contribution is -2.58. The number of nitrogens with one attached hydrogen (secondary N) is 2. The minimum Gasteiger partial charge on any atom is -0.493 e. The van der Waals surface area contributed by atoms with Gasteiger partial charge >= 0.3 is 0 Å². The van der Waals surface area contributed by atoms with Crippen molar-refractivity contribution in [1.29, 1.82) is 0 Å². The minimum absolute atomic E-state index is 0.0615. The normalized spacial score (nSPS) is 18.7. The first-order valence-corrected chi connectivity index (χ1v) is 14.8. The second-order valence-corrected chi connectivity index (χ2v) is 11.1. The van der Waals surface area contributed by atoms with Crippen LogP contribution in [0.15, 0.2) is 60.7 Å². The Morgan fingerprint density at radius 1 is 1.13 bits per heavy atom. The van der Waals surface area contributed by atoms with Crippen molar-refractivity contribution in [1.82, 2.24) is 25.1 Å². The lowest BCUT2D eigenvalue weighted by molar-refractivity contribution is -0.135. The molecule has 0 saturated carbocycles. The average molecular weight is 616 g/mol. The number of likely N-dealkylation sites (tertiary alicyclic amines) is 1. The Morgan fingerprint density at radius 3 is 2.82 bits per heavy atom. The van der Waals surface area contributed by atoms with E-state index in [0.29, 0.717) is 30.8 Å². The van der Waals surface area contributed by atoms with Crippen LogP contribution in [0.5, 0.6) is 17.2 Å². The third kappa shape index (κ3) is 6.69. The molecule has 0 aliphatic carbocycles. The number of nitrogens with zero attached hydrogens (tertiary/aromatic N) is 3. The molecule has 45 heavy (non-hydrogen) atoms. The summed E-state index contributed by atoms with van der Waals surface area (Å²) in [5.74, 6) is 0.231. The van der Waals surface area contributed by atoms with Crippen LogP contribution in [0, 0.1) is 12.7 Å². The quantitative estimate of drug-likeness (QED) is 0.361. The van der Waals surface area contributed by atoms with E-state index in [4.69, 9.17) is 14.2 Å². The van der Waals surface area contributed by atoms with Gasteiger partial charge in [0.2, 0.25) is 5.91 Å². The van der Waals surface area contributed by atoms with Crippen LogP contribution < -0.4 is 24.8 Å². The molecule has 6 rings (SSSR count). The molecule has 12 heteroatoms. The number of halogens is 1. The number of para-hydroxylation sites is 2. The number of fused-ring (bicyclic) bond motifs is 6. The average Bonchev–Trinajstić information content (AvgIpc) is 3.36. The molecule has 1 saturated heterocycles. The molecule has 2 aliphatic rings. The molecule has 2 atom stereocenters. The third-order valence-corrected chi connectivity index (χ3v) is 8.10. The smallest absolute Gasteiger partial charge is 0.258 e. The fourth-order valence-electron chi connectivity index (χ4n) is 5.85. The third-order valence-electron chi connectivity index (χ3n) is 8.10. The van der Waals surface area contributed by atoms with Crippen molar-refractivity contribution >= 4 is 28.8 Å². The van der Waals surface area contributed by atoms with Gasteiger partial charge in [-0.15, -0.1) is 0 Å². The predicted octanol–water partition coefficient (Wildman–Crippen LogP) is 3.37. The standard InChI is InChI=1S/C33H34FN5O6/c1-20-36-25-5-3-4-6-27(25)39(20)12-10-32(41)38-11-9-28-26(18-38)37-31(40)19-44-30-15-22(7-8-29(30)43-2)33(42)35-17-21-13-23(34)16-24(14-21)45-28/h3-8,13-16,26,28H,9-12,17-19H2,1-2H3,(H,35,42)(H,37,40)/t26-,28+/m1/s1. The van der Waals surface area contributed by atoms with Gasteiger partial charge in [-0.05, 0) is 55.0 Å². The van der Waals surface area contributed by atoms with Crippen LogP contribution in [0.3, 0.4) is 0 Å². The van der Waals surface area contributed by atoms with Crippen LogP contribution in [-0.2, 0) is 22.7 Å². The van der Waals surface area contributed by atoms with Crippen molar-refractivity contribution in [2.45, 2.75) is 45.0 Å². The number of ether oxygens (including phenoxy) is 3. The van der Waals surface area contributed by atoms with Crippen molar-refractivity contribution in [2.75, 3.05) is 26.8 Å². The number of aryl methyl sites for hydroxylation is 2. The number of hydrogen-bond acceptors (Lipinski definition) is 7. The summed E-state index contributed by atoms with van der Waals surface area (Å²) in [5, 5.41) is 5.73. The SMILES string of the molecule is COc1ccc2cc1OCC(=O)N[C@@H]1CN(C(=O)CCn3c(C)nc4ccccc43)CC[C@@H]1Oc1cc(F)cc(c1)CNC2=O. The van der Waals surface area contributed by atoms with Gasteiger partial charge in [0, 0.05) is 50.7 Å². The van der Waals surface area contributed by atoms with Crippen LogP contribution in [0.25, 0.3) is 11.0 Å². The number of rotatable bonds is 4. The molecular formula is C33H34FN5O6. The maximum atomic E-state index is 14.6. The highest BCUT2D eigenvalue weighted by molar-refractivity contribution is 5.95. The van der Waals surface area contributed by atoms with Crippen molar-refractivity contribution in [3.05, 3.63) is 83.4 Å². The lowest BCUT2D eigenvalue weighted by atomic mass is 10.0. The number of aromatic nitrogens is 2. The number of amides is 3. The second kappa shape index (κ2) is 12.8. The van der Waals surface area contributed by atoms with E-state index in [-0.39, 0.29) is 49.1 Å². The van der Waals surface area contributed by atoms with Gasteiger partial charge in [0.15, 0.2) is 18.1 Å². The van der Waals surface area contributed by atoms with E-state index >= 15 is 0 Å². The van der Waals surface area contributed by atoms with Gasteiger partial charge in [0.25, 0.3) is 11.8 Å². The molecule has 0 spiro atoms. The molecule has 4 aromatic rings. The summed E-state index contributed by atoms with van der Waals surface area (Å²) < 4.78 is 34.0. The molecule has 1 fully saturated rings. The first kappa shape index (κ1) is 29.9. The largest absolute Gasteiger partial charge is 0.493 e. The van der Waals surface area contributed by atoms with E-state index in [0.717, 1.165) is 16.9 Å². The Balaban J connectivity index is 1.22. The van der Waals surface area contributed by atoms with Crippen LogP contribution in [0.2, 0.25) is 0 Å². The fraction of sp³-hybridized carbons (Fsp3) is 0.333. The van der Waals surface area contributed by atoms with E-state index in [2.05, 4.69) is 15.6 Å². The Hall–Kier alpha value is -5.13. The summed E-state index contributed by atoms with van der Waals surface area (Å²) in [7, 11) is 1.46. The molecule has 2 N–H and O–H groups in total. The Bertz CT molecular complexity index is 1760. The van der Waals surface area contributed by atoms with Crippen LogP contribution >= 0.6 is 0 Å². The fourth-order valence-corrected chi connectivity index (χ4v) is 5.85. The molecule has 11 nitrogen and oxygen atoms in total. The van der Waals surface area contributed by atoms with E-state index in [1.54, 1.807) is 23.1 Å². The van der Waals surface area contributed by atoms with Gasteiger partial charge in [-0.3, -0.25) is 14.4 Å². The number of hydrogen-bond donors (Lipinski definition) is 2. The maximum absolute atomic E-state index is 14.6. The molecule has 1 aromatic heterocycles. The number of piperidine rings is 1. The summed E-state index contributed by atoms with van der Waals surface area (Å²) in [4.78, 5) is 45.7. The van der Waals surface area contributed by atoms with Crippen LogP contribution in [-0.4, -0.2) is 71.1 Å². The summed E-state index contributed by atoms with van der Waals surface area (Å²) in [5.41, 5.74) is 2.64. The van der Waals surface area contributed by atoms with Gasteiger partial charge < -0.3 is 34.3 Å². The van der Waals surface area contributed by atoms with E-state index in [1.807, 2.05) is 35.8 Å². The molecule has 0 radical (unpaired) electrons. The van der Waals surface area contributed by atoms with Crippen molar-refractivity contribution in [3.8, 4) is 17.2 Å². The van der Waals surface area contributed by atoms with Gasteiger partial charge in [0.05, 0.1) is 24.2 Å². The molecule has 234 valence electrons. The summed E-state index contributed by atoms with van der Waals surface area (Å²) >= 11 is 0. The summed E-state index contributed by atoms with van der Waals surface area (Å²) in [6, 6.07) is 16.1. The number of imidazole rings is 1. The van der Waals surface area contributed by atoms with Crippen molar-refractivity contribution < 1.29 is 33.0 Å². The monoisotopic (exact) mass is 615 g/mol. The molecule has 3 amide bonds. The van der Waals surface area contributed by atoms with Crippen LogP contribution in [0.1, 0.15) is 34.6 Å². The van der Waals surface area contributed by atoms with Crippen molar-refractivity contribution in [2.24, 2.45) is 0 Å². The zero-order valence-corrected chi connectivity index (χ0v) is 25.0. The van der Waals surface area contributed by atoms with E-state index in [1.165, 1.54) is 25.3 Å².